The molecule has 6 atom stereocenters. The zero-order valence-electron chi connectivity index (χ0n) is 24.8. The van der Waals surface area contributed by atoms with Gasteiger partial charge in [0, 0.05) is 49.5 Å². The lowest BCUT2D eigenvalue weighted by molar-refractivity contribution is -0.127. The normalized spacial score (nSPS) is 27.0. The van der Waals surface area contributed by atoms with E-state index in [1.165, 1.54) is 10.5 Å². The van der Waals surface area contributed by atoms with Crippen molar-refractivity contribution in [2.75, 3.05) is 40.3 Å². The first-order valence-electron chi connectivity index (χ1n) is 15.0. The van der Waals surface area contributed by atoms with Gasteiger partial charge >= 0.3 is 6.09 Å². The van der Waals surface area contributed by atoms with Crippen molar-refractivity contribution in [2.24, 2.45) is 28.1 Å². The topological polar surface area (TPSA) is 199 Å². The van der Waals surface area contributed by atoms with Crippen molar-refractivity contribution in [1.29, 1.82) is 0 Å². The summed E-state index contributed by atoms with van der Waals surface area (Å²) in [5, 5.41) is 13.6. The fraction of sp³-hybridized carbons (Fsp3) is 0.600. The van der Waals surface area contributed by atoms with Gasteiger partial charge in [0.25, 0.3) is 0 Å². The van der Waals surface area contributed by atoms with Crippen molar-refractivity contribution in [3.05, 3.63) is 35.4 Å². The summed E-state index contributed by atoms with van der Waals surface area (Å²) in [6, 6.07) is 3.41. The number of guanidine groups is 1. The van der Waals surface area contributed by atoms with Crippen LogP contribution in [0.1, 0.15) is 43.2 Å². The molecule has 1 aromatic carbocycles. The van der Waals surface area contributed by atoms with E-state index in [4.69, 9.17) is 26.7 Å². The van der Waals surface area contributed by atoms with Crippen LogP contribution in [0.4, 0.5) is 4.79 Å². The standard InChI is InChI=1S/C30H43N7O6/c1-36-14-11-30-18-8-9-22(39)27(30)43-26-23(10-7-17(25(26)30)15-20(18)36)42-29(41)37(2)13-4-6-21(38)19(35-24(40)16-31)5-3-12-34-28(32)33/h7-10,18-20,22,27,39H,3-6,11-16,31H2,1-2H3,(H,35,40)(H4,32,33,34). The van der Waals surface area contributed by atoms with E-state index in [-0.39, 0.29) is 42.6 Å². The number of benzene rings is 1. The highest BCUT2D eigenvalue weighted by Gasteiger charge is 2.64. The lowest BCUT2D eigenvalue weighted by Gasteiger charge is -2.56. The molecule has 1 spiro atoms. The highest BCUT2D eigenvalue weighted by Crippen LogP contribution is 2.62. The second-order valence-electron chi connectivity index (χ2n) is 12.0. The van der Waals surface area contributed by atoms with Crippen LogP contribution in [0.2, 0.25) is 0 Å². The van der Waals surface area contributed by atoms with Crippen LogP contribution in [0.15, 0.2) is 29.3 Å². The lowest BCUT2D eigenvalue weighted by Crippen LogP contribution is -2.64. The smallest absolute Gasteiger partial charge is 0.415 e. The molecule has 2 aliphatic carbocycles. The summed E-state index contributed by atoms with van der Waals surface area (Å²) in [7, 11) is 3.76. The third kappa shape index (κ3) is 5.80. The molecule has 43 heavy (non-hydrogen) atoms. The number of Topliss-reactive ketones (excluding diaryl/α,β-unsaturated/α-hetero) is 1. The second kappa shape index (κ2) is 12.5. The zero-order valence-corrected chi connectivity index (χ0v) is 24.8. The first-order chi connectivity index (χ1) is 20.6. The Bertz CT molecular complexity index is 1310. The van der Waals surface area contributed by atoms with Crippen LogP contribution in [0.5, 0.6) is 11.5 Å². The van der Waals surface area contributed by atoms with E-state index in [0.717, 1.165) is 24.9 Å². The average Bonchev–Trinajstić information content (AvgIpc) is 3.34. The molecule has 1 saturated heterocycles. The van der Waals surface area contributed by atoms with E-state index in [0.29, 0.717) is 43.3 Å². The Morgan fingerprint density at radius 2 is 2.07 bits per heavy atom. The molecule has 6 unspecified atom stereocenters. The third-order valence-electron chi connectivity index (χ3n) is 9.41. The molecule has 1 fully saturated rings. The van der Waals surface area contributed by atoms with Crippen LogP contribution in [-0.2, 0) is 21.4 Å². The van der Waals surface area contributed by atoms with E-state index < -0.39 is 30.3 Å². The number of likely N-dealkylation sites (tertiary alicyclic amines) is 1. The summed E-state index contributed by atoms with van der Waals surface area (Å²) < 4.78 is 12.3. The number of likely N-dealkylation sites (N-methyl/N-ethyl adjacent to an activating group) is 1. The molecular weight excluding hydrogens is 554 g/mol. The number of aliphatic hydroxyl groups excluding tert-OH is 1. The quantitative estimate of drug-likeness (QED) is 0.0928. The number of rotatable bonds is 12. The van der Waals surface area contributed by atoms with Gasteiger partial charge in [0.15, 0.2) is 23.2 Å². The van der Waals surface area contributed by atoms with E-state index in [2.05, 4.69) is 28.3 Å². The molecule has 4 aliphatic rings. The molecule has 0 radical (unpaired) electrons. The van der Waals surface area contributed by atoms with Gasteiger partial charge in [-0.3, -0.25) is 14.6 Å². The molecule has 2 amide bonds. The van der Waals surface area contributed by atoms with Gasteiger partial charge in [-0.2, -0.15) is 0 Å². The number of piperidine rings is 1. The number of ketones is 1. The number of carbonyl (C=O) groups is 3. The summed E-state index contributed by atoms with van der Waals surface area (Å²) in [5.74, 6) is 0.477. The van der Waals surface area contributed by atoms with Gasteiger partial charge in [0.1, 0.15) is 12.2 Å². The molecule has 2 aliphatic heterocycles. The molecule has 2 heterocycles. The molecule has 2 bridgehead atoms. The predicted octanol–water partition coefficient (Wildman–Crippen LogP) is -0.230. The second-order valence-corrected chi connectivity index (χ2v) is 12.0. The van der Waals surface area contributed by atoms with E-state index in [1.807, 2.05) is 12.1 Å². The molecule has 13 nitrogen and oxygen atoms in total. The van der Waals surface area contributed by atoms with Gasteiger partial charge in [-0.25, -0.2) is 4.79 Å². The van der Waals surface area contributed by atoms with Crippen molar-refractivity contribution in [3.63, 3.8) is 0 Å². The predicted molar refractivity (Wildman–Crippen MR) is 160 cm³/mol. The number of aliphatic imine (C=N–C) groups is 1. The molecule has 1 aromatic rings. The van der Waals surface area contributed by atoms with E-state index in [1.54, 1.807) is 13.1 Å². The van der Waals surface area contributed by atoms with Crippen molar-refractivity contribution in [3.8, 4) is 11.5 Å². The molecule has 13 heteroatoms. The SMILES string of the molecule is CN(CCCC(=O)C(CCCN=C(N)N)NC(=O)CN)C(=O)Oc1ccc2c3c1OC1C(O)C=CC4C(C2)N(C)CCC341. The van der Waals surface area contributed by atoms with Gasteiger partial charge in [0.2, 0.25) is 5.91 Å². The number of carbonyl (C=O) groups excluding carboxylic acids is 3. The summed E-state index contributed by atoms with van der Waals surface area (Å²) in [6.07, 6.45) is 5.35. The Morgan fingerprint density at radius 3 is 2.81 bits per heavy atom. The Kier molecular flexibility index (Phi) is 8.95. The van der Waals surface area contributed by atoms with Gasteiger partial charge in [-0.15, -0.1) is 0 Å². The van der Waals surface area contributed by atoms with Crippen LogP contribution >= 0.6 is 0 Å². The van der Waals surface area contributed by atoms with E-state index in [9.17, 15) is 19.5 Å². The minimum atomic E-state index is -0.743. The number of amides is 2. The number of hydrogen-bond donors (Lipinski definition) is 5. The summed E-state index contributed by atoms with van der Waals surface area (Å²) in [4.78, 5) is 45.6. The number of aliphatic hydroxyl groups is 1. The van der Waals surface area contributed by atoms with Gasteiger partial charge in [-0.1, -0.05) is 18.2 Å². The highest BCUT2D eigenvalue weighted by atomic mass is 16.6. The fourth-order valence-corrected chi connectivity index (χ4v) is 7.31. The molecule has 234 valence electrons. The first-order valence-corrected chi connectivity index (χ1v) is 15.0. The van der Waals surface area contributed by atoms with Gasteiger partial charge in [-0.05, 0) is 57.3 Å². The summed E-state index contributed by atoms with van der Waals surface area (Å²) in [5.41, 5.74) is 18.0. The number of nitrogens with zero attached hydrogens (tertiary/aromatic N) is 3. The van der Waals surface area contributed by atoms with Crippen molar-refractivity contribution < 1.29 is 29.0 Å². The molecule has 0 saturated carbocycles. The van der Waals surface area contributed by atoms with Crippen molar-refractivity contribution in [1.82, 2.24) is 15.1 Å². The molecular formula is C30H43N7O6. The van der Waals surface area contributed by atoms with Gasteiger partial charge in [0.05, 0.1) is 12.6 Å². The molecule has 8 N–H and O–H groups in total. The number of nitrogens with one attached hydrogen (secondary N) is 1. The van der Waals surface area contributed by atoms with Crippen LogP contribution < -0.4 is 32.0 Å². The molecule has 5 rings (SSSR count). The first kappa shape index (κ1) is 30.8. The van der Waals surface area contributed by atoms with Crippen molar-refractivity contribution in [2.45, 2.75) is 68.2 Å². The third-order valence-corrected chi connectivity index (χ3v) is 9.41. The maximum Gasteiger partial charge on any atom is 0.415 e. The largest absolute Gasteiger partial charge is 0.482 e. The van der Waals surface area contributed by atoms with Crippen LogP contribution in [-0.4, -0.2) is 103 Å². The highest BCUT2D eigenvalue weighted by molar-refractivity contribution is 5.89. The Morgan fingerprint density at radius 1 is 1.28 bits per heavy atom. The maximum atomic E-state index is 13.1. The number of nitrogens with two attached hydrogens (primary N) is 3. The van der Waals surface area contributed by atoms with Crippen LogP contribution in [0, 0.1) is 5.92 Å². The summed E-state index contributed by atoms with van der Waals surface area (Å²) in [6.45, 7) is 1.28. The Balaban J connectivity index is 1.21. The van der Waals surface area contributed by atoms with Crippen LogP contribution in [0.3, 0.4) is 0 Å². The van der Waals surface area contributed by atoms with Crippen molar-refractivity contribution >= 4 is 23.7 Å². The zero-order chi connectivity index (χ0) is 30.9. The van der Waals surface area contributed by atoms with E-state index >= 15 is 0 Å². The lowest BCUT2D eigenvalue weighted by atomic mass is 9.53. The Hall–Kier alpha value is -3.68. The molecule has 0 aromatic heterocycles. The summed E-state index contributed by atoms with van der Waals surface area (Å²) >= 11 is 0. The van der Waals surface area contributed by atoms with Gasteiger partial charge < -0.3 is 46.9 Å². The maximum absolute atomic E-state index is 13.1. The number of ether oxygens (including phenoxy) is 2. The average molecular weight is 598 g/mol. The Labute approximate surface area is 251 Å². The number of hydrogen-bond acceptors (Lipinski definition) is 9. The minimum absolute atomic E-state index is 0.0354. The minimum Gasteiger partial charge on any atom is -0.482 e. The monoisotopic (exact) mass is 597 g/mol. The van der Waals surface area contributed by atoms with Crippen LogP contribution in [0.25, 0.3) is 0 Å². The fourth-order valence-electron chi connectivity index (χ4n) is 7.31.